The first-order chi connectivity index (χ1) is 5.86. The van der Waals surface area contributed by atoms with Crippen LogP contribution in [0.4, 0.5) is 5.88 Å². The van der Waals surface area contributed by atoms with Gasteiger partial charge in [-0.1, -0.05) is 18.2 Å². The van der Waals surface area contributed by atoms with Crippen molar-refractivity contribution in [2.24, 2.45) is 0 Å². The number of hydrogen-bond acceptors (Lipinski definition) is 3. The van der Waals surface area contributed by atoms with Crippen LogP contribution in [-0.2, 0) is 0 Å². The Bertz CT molecular complexity index is 367. The van der Waals surface area contributed by atoms with E-state index in [1.807, 2.05) is 30.3 Å². The normalized spacial score (nSPS) is 10.0. The number of nitrogen functional groups attached to an aromatic ring is 1. The molecule has 12 heavy (non-hydrogen) atoms. The van der Waals surface area contributed by atoms with Gasteiger partial charge >= 0.3 is 0 Å². The monoisotopic (exact) mass is 160 g/mol. The number of anilines is 1. The molecule has 1 heterocycles. The lowest BCUT2D eigenvalue weighted by Crippen LogP contribution is -1.76. The van der Waals surface area contributed by atoms with Gasteiger partial charge in [0.1, 0.15) is 0 Å². The molecule has 60 valence electrons. The Morgan fingerprint density at radius 1 is 1.17 bits per heavy atom. The SMILES string of the molecule is Nc1cnc(-c2ccccc2)o1. The van der Waals surface area contributed by atoms with Crippen molar-refractivity contribution in [1.82, 2.24) is 4.98 Å². The molecular weight excluding hydrogens is 152 g/mol. The minimum Gasteiger partial charge on any atom is -0.421 e. The van der Waals surface area contributed by atoms with Crippen LogP contribution < -0.4 is 5.73 Å². The van der Waals surface area contributed by atoms with E-state index in [0.29, 0.717) is 11.8 Å². The van der Waals surface area contributed by atoms with Crippen LogP contribution in [0.5, 0.6) is 0 Å². The van der Waals surface area contributed by atoms with E-state index in [2.05, 4.69) is 4.98 Å². The minimum atomic E-state index is 0.342. The molecule has 3 nitrogen and oxygen atoms in total. The Morgan fingerprint density at radius 2 is 1.92 bits per heavy atom. The molecule has 0 amide bonds. The Balaban J connectivity index is 2.45. The van der Waals surface area contributed by atoms with Crippen LogP contribution in [0.2, 0.25) is 0 Å². The summed E-state index contributed by atoms with van der Waals surface area (Å²) < 4.78 is 5.14. The topological polar surface area (TPSA) is 52.0 Å². The maximum atomic E-state index is 5.39. The minimum absolute atomic E-state index is 0.342. The van der Waals surface area contributed by atoms with Crippen molar-refractivity contribution in [3.05, 3.63) is 36.5 Å². The summed E-state index contributed by atoms with van der Waals surface area (Å²) in [5, 5.41) is 0. The standard InChI is InChI=1S/C9H8N2O/c10-8-6-11-9(12-8)7-4-2-1-3-5-7/h1-6H,10H2. The van der Waals surface area contributed by atoms with Crippen LogP contribution >= 0.6 is 0 Å². The zero-order valence-electron chi connectivity index (χ0n) is 6.40. The van der Waals surface area contributed by atoms with Crippen molar-refractivity contribution in [3.63, 3.8) is 0 Å². The van der Waals surface area contributed by atoms with Crippen molar-refractivity contribution >= 4 is 5.88 Å². The van der Waals surface area contributed by atoms with Crippen molar-refractivity contribution in [2.75, 3.05) is 5.73 Å². The largest absolute Gasteiger partial charge is 0.421 e. The third-order valence-corrected chi connectivity index (χ3v) is 1.54. The van der Waals surface area contributed by atoms with Crippen LogP contribution in [-0.4, -0.2) is 4.98 Å². The molecule has 0 bridgehead atoms. The molecule has 0 atom stereocenters. The first kappa shape index (κ1) is 6.91. The van der Waals surface area contributed by atoms with Crippen LogP contribution in [0.1, 0.15) is 0 Å². The Labute approximate surface area is 69.8 Å². The van der Waals surface area contributed by atoms with E-state index in [-0.39, 0.29) is 0 Å². The Morgan fingerprint density at radius 3 is 2.50 bits per heavy atom. The highest BCUT2D eigenvalue weighted by Crippen LogP contribution is 2.18. The molecule has 0 radical (unpaired) electrons. The predicted octanol–water partition coefficient (Wildman–Crippen LogP) is 1.92. The van der Waals surface area contributed by atoms with Gasteiger partial charge in [0.2, 0.25) is 11.8 Å². The van der Waals surface area contributed by atoms with E-state index in [1.165, 1.54) is 6.20 Å². The van der Waals surface area contributed by atoms with Gasteiger partial charge in [0.05, 0.1) is 6.20 Å². The molecule has 1 aromatic carbocycles. The molecule has 0 saturated heterocycles. The van der Waals surface area contributed by atoms with Gasteiger partial charge < -0.3 is 10.2 Å². The summed E-state index contributed by atoms with van der Waals surface area (Å²) >= 11 is 0. The van der Waals surface area contributed by atoms with Crippen LogP contribution in [0, 0.1) is 0 Å². The summed E-state index contributed by atoms with van der Waals surface area (Å²) in [5.41, 5.74) is 6.33. The first-order valence-corrected chi connectivity index (χ1v) is 3.63. The summed E-state index contributed by atoms with van der Waals surface area (Å²) in [6.07, 6.45) is 1.50. The van der Waals surface area contributed by atoms with Gasteiger partial charge in [-0.3, -0.25) is 0 Å². The number of hydrogen-bond donors (Lipinski definition) is 1. The predicted molar refractivity (Wildman–Crippen MR) is 46.4 cm³/mol. The van der Waals surface area contributed by atoms with E-state index in [0.717, 1.165) is 5.56 Å². The third-order valence-electron chi connectivity index (χ3n) is 1.54. The van der Waals surface area contributed by atoms with E-state index < -0.39 is 0 Å². The molecule has 0 saturated carbocycles. The number of benzene rings is 1. The van der Waals surface area contributed by atoms with Crippen LogP contribution in [0.25, 0.3) is 11.5 Å². The summed E-state index contributed by atoms with van der Waals surface area (Å²) in [5.74, 6) is 0.905. The second-order valence-corrected chi connectivity index (χ2v) is 2.43. The van der Waals surface area contributed by atoms with Crippen molar-refractivity contribution in [1.29, 1.82) is 0 Å². The summed E-state index contributed by atoms with van der Waals surface area (Å²) in [6.45, 7) is 0. The fourth-order valence-electron chi connectivity index (χ4n) is 1.00. The van der Waals surface area contributed by atoms with Crippen LogP contribution in [0.15, 0.2) is 40.9 Å². The smallest absolute Gasteiger partial charge is 0.228 e. The van der Waals surface area contributed by atoms with Gasteiger partial charge in [-0.05, 0) is 12.1 Å². The zero-order valence-corrected chi connectivity index (χ0v) is 6.40. The van der Waals surface area contributed by atoms with Gasteiger partial charge in [-0.15, -0.1) is 0 Å². The second-order valence-electron chi connectivity index (χ2n) is 2.43. The molecule has 2 N–H and O–H groups in total. The molecule has 0 aliphatic carbocycles. The van der Waals surface area contributed by atoms with E-state index in [4.69, 9.17) is 10.2 Å². The maximum Gasteiger partial charge on any atom is 0.228 e. The highest BCUT2D eigenvalue weighted by Gasteiger charge is 2.01. The molecule has 2 aromatic rings. The van der Waals surface area contributed by atoms with E-state index >= 15 is 0 Å². The fraction of sp³-hybridized carbons (Fsp3) is 0. The number of rotatable bonds is 1. The summed E-state index contributed by atoms with van der Waals surface area (Å²) in [7, 11) is 0. The second kappa shape index (κ2) is 2.70. The summed E-state index contributed by atoms with van der Waals surface area (Å²) in [4.78, 5) is 3.99. The molecule has 2 rings (SSSR count). The third kappa shape index (κ3) is 1.16. The molecule has 0 aliphatic heterocycles. The summed E-state index contributed by atoms with van der Waals surface area (Å²) in [6, 6.07) is 9.64. The van der Waals surface area contributed by atoms with Gasteiger partial charge in [0, 0.05) is 5.56 Å². The lowest BCUT2D eigenvalue weighted by Gasteiger charge is -1.91. The lowest BCUT2D eigenvalue weighted by atomic mass is 10.2. The van der Waals surface area contributed by atoms with Crippen molar-refractivity contribution < 1.29 is 4.42 Å². The van der Waals surface area contributed by atoms with Crippen molar-refractivity contribution in [3.8, 4) is 11.5 Å². The lowest BCUT2D eigenvalue weighted by molar-refractivity contribution is 0.594. The van der Waals surface area contributed by atoms with Gasteiger partial charge in [0.15, 0.2) is 0 Å². The molecule has 3 heteroatoms. The van der Waals surface area contributed by atoms with Gasteiger partial charge in [-0.25, -0.2) is 4.98 Å². The number of nitrogens with two attached hydrogens (primary N) is 1. The fourth-order valence-corrected chi connectivity index (χ4v) is 1.00. The van der Waals surface area contributed by atoms with Crippen LogP contribution in [0.3, 0.4) is 0 Å². The zero-order chi connectivity index (χ0) is 8.39. The number of nitrogens with zero attached hydrogens (tertiary/aromatic N) is 1. The first-order valence-electron chi connectivity index (χ1n) is 3.63. The Hall–Kier alpha value is -1.77. The number of aromatic nitrogens is 1. The molecule has 0 spiro atoms. The highest BCUT2D eigenvalue weighted by molar-refractivity contribution is 5.53. The quantitative estimate of drug-likeness (QED) is 0.693. The molecule has 0 fully saturated rings. The van der Waals surface area contributed by atoms with E-state index in [1.54, 1.807) is 0 Å². The molecule has 0 unspecified atom stereocenters. The average Bonchev–Trinajstić information content (AvgIpc) is 2.54. The van der Waals surface area contributed by atoms with Gasteiger partial charge in [0.25, 0.3) is 0 Å². The maximum absolute atomic E-state index is 5.39. The van der Waals surface area contributed by atoms with Gasteiger partial charge in [-0.2, -0.15) is 0 Å². The average molecular weight is 160 g/mol. The van der Waals surface area contributed by atoms with E-state index in [9.17, 15) is 0 Å². The molecular formula is C9H8N2O. The Kier molecular flexibility index (Phi) is 1.55. The van der Waals surface area contributed by atoms with Crippen molar-refractivity contribution in [2.45, 2.75) is 0 Å². The molecule has 0 aliphatic rings. The number of oxazole rings is 1. The molecule has 1 aromatic heterocycles. The highest BCUT2D eigenvalue weighted by atomic mass is 16.4.